The van der Waals surface area contributed by atoms with Gasteiger partial charge in [0.05, 0.1) is 42.4 Å². The summed E-state index contributed by atoms with van der Waals surface area (Å²) in [5.41, 5.74) is -3.10. The molecule has 0 bridgehead atoms. The first-order chi connectivity index (χ1) is 30.7. The Morgan fingerprint density at radius 1 is 0.712 bits per heavy atom. The van der Waals surface area contributed by atoms with Gasteiger partial charge in [-0.3, -0.25) is 9.59 Å². The molecule has 66 heavy (non-hydrogen) atoms. The van der Waals surface area contributed by atoms with Crippen molar-refractivity contribution < 1.29 is 94.2 Å². The number of carbonyl (C=O) groups excluding carboxylic acids is 1. The summed E-state index contributed by atoms with van der Waals surface area (Å²) < 4.78 is 35.3. The topological polar surface area (TPSA) is 312 Å². The number of carboxylic acids is 1. The molecule has 3 aliphatic heterocycles. The first kappa shape index (κ1) is 50.5. The largest absolute Gasteiger partial charge is 0.481 e. The van der Waals surface area contributed by atoms with E-state index in [4.69, 9.17) is 28.4 Å². The summed E-state index contributed by atoms with van der Waals surface area (Å²) in [5, 5.41) is 119. The highest BCUT2D eigenvalue weighted by Crippen LogP contribution is 2.76. The van der Waals surface area contributed by atoms with E-state index < -0.39 is 138 Å². The summed E-state index contributed by atoms with van der Waals surface area (Å²) in [6.45, 7) is 12.9. The SMILES string of the molecule is C[C@@H]1O[C@@H](O[C@H]2[C@H](OC(=O)[C@]34CCC(C)(C)C[C@H]3C3=CC[C@@H]5[C@@]6(C)C[C@H](O)[C@H](O)[C@@](C)(C(=O)O)[C@@H]6CC[C@@]5(C)[C@]3(C)CC4)O[C@H](CO)[C@@H](O)[C@@H]2O)[C@H](O)[C@H](O)[C@H]1O[C@@H]1OC[C@@H](O)[C@H](O)[C@H]1O. The molecule has 8 rings (SSSR count). The van der Waals surface area contributed by atoms with Crippen LogP contribution < -0.4 is 0 Å². The first-order valence-corrected chi connectivity index (χ1v) is 23.8. The molecule has 19 nitrogen and oxygen atoms in total. The van der Waals surface area contributed by atoms with Gasteiger partial charge in [-0.25, -0.2) is 0 Å². The molecule has 7 fully saturated rings. The molecule has 5 aliphatic carbocycles. The van der Waals surface area contributed by atoms with E-state index in [9.17, 15) is 61.0 Å². The van der Waals surface area contributed by atoms with E-state index in [0.29, 0.717) is 51.4 Å². The molecule has 376 valence electrons. The molecule has 3 heterocycles. The molecule has 0 radical (unpaired) electrons. The van der Waals surface area contributed by atoms with E-state index in [1.54, 1.807) is 6.92 Å². The Kier molecular flexibility index (Phi) is 13.3. The lowest BCUT2D eigenvalue weighted by molar-refractivity contribution is -0.375. The molecule has 0 aromatic carbocycles. The van der Waals surface area contributed by atoms with Crippen molar-refractivity contribution in [3.63, 3.8) is 0 Å². The molecule has 11 N–H and O–H groups in total. The lowest BCUT2D eigenvalue weighted by atomic mass is 9.33. The minimum absolute atomic E-state index is 0.0409. The van der Waals surface area contributed by atoms with Gasteiger partial charge in [-0.15, -0.1) is 0 Å². The van der Waals surface area contributed by atoms with Gasteiger partial charge in [-0.2, -0.15) is 0 Å². The molecule has 8 aliphatic rings. The number of ether oxygens (including phenoxy) is 6. The van der Waals surface area contributed by atoms with Gasteiger partial charge >= 0.3 is 11.9 Å². The summed E-state index contributed by atoms with van der Waals surface area (Å²) in [4.78, 5) is 28.1. The molecule has 3 saturated heterocycles. The summed E-state index contributed by atoms with van der Waals surface area (Å²) in [6.07, 6.45) is -18.0. The van der Waals surface area contributed by atoms with Gasteiger partial charge in [0.25, 0.3) is 0 Å². The fourth-order valence-corrected chi connectivity index (χ4v) is 14.7. The van der Waals surface area contributed by atoms with E-state index in [0.717, 1.165) is 5.57 Å². The van der Waals surface area contributed by atoms with Crippen molar-refractivity contribution in [3.05, 3.63) is 11.6 Å². The zero-order valence-electron chi connectivity index (χ0n) is 39.0. The number of aliphatic carboxylic acids is 1. The smallest absolute Gasteiger partial charge is 0.315 e. The standard InChI is InChI=1S/C47H74O19/c1-20-34(64-37-32(55)28(51)24(50)19-61-37)31(54)33(56)38(62-20)65-35-30(53)29(52)25(18-48)63-39(35)66-41(60)47-14-12-42(2,3)16-22(47)21-8-9-26-43(4)17-23(49)36(57)46(7,40(58)59)27(43)10-11-45(26,6)44(21,5)13-15-47/h8,20,22-39,48-57H,9-19H2,1-7H3,(H,58,59)/t20-,22-,23-,24+,25+,26+,27+,28-,29+,30-,31-,32+,33+,34-,35+,36-,37-,38-,39-,43+,44+,45+,46-,47-/m0/s1. The second-order valence-electron chi connectivity index (χ2n) is 22.9. The van der Waals surface area contributed by atoms with E-state index in [-0.39, 0.29) is 41.6 Å². The molecule has 0 aromatic rings. The van der Waals surface area contributed by atoms with E-state index in [1.807, 2.05) is 0 Å². The lowest BCUT2D eigenvalue weighted by Crippen LogP contribution is -2.69. The van der Waals surface area contributed by atoms with Crippen molar-refractivity contribution >= 4 is 11.9 Å². The normalized spacial score (nSPS) is 54.7. The number of fused-ring (bicyclic) bond motifs is 7. The highest BCUT2D eigenvalue weighted by Gasteiger charge is 2.72. The monoisotopic (exact) mass is 942 g/mol. The average Bonchev–Trinajstić information content (AvgIpc) is 3.25. The van der Waals surface area contributed by atoms with Crippen LogP contribution in [-0.4, -0.2) is 180 Å². The summed E-state index contributed by atoms with van der Waals surface area (Å²) in [5.74, 6) is -2.48. The van der Waals surface area contributed by atoms with Crippen molar-refractivity contribution in [2.45, 2.75) is 204 Å². The number of carboxylic acid groups (broad SMARTS) is 1. The van der Waals surface area contributed by atoms with Crippen LogP contribution in [0.1, 0.15) is 106 Å². The van der Waals surface area contributed by atoms with Crippen LogP contribution in [0.15, 0.2) is 11.6 Å². The summed E-state index contributed by atoms with van der Waals surface area (Å²) in [7, 11) is 0. The van der Waals surface area contributed by atoms with Gasteiger partial charge in [0.15, 0.2) is 18.7 Å². The predicted octanol–water partition coefficient (Wildman–Crippen LogP) is -0.157. The number of hydrogen-bond acceptors (Lipinski definition) is 18. The van der Waals surface area contributed by atoms with Gasteiger partial charge in [0, 0.05) is 0 Å². The summed E-state index contributed by atoms with van der Waals surface area (Å²) >= 11 is 0. The molecule has 0 spiro atoms. The Hall–Kier alpha value is -1.92. The quantitative estimate of drug-likeness (QED) is 0.111. The second-order valence-corrected chi connectivity index (χ2v) is 22.9. The average molecular weight is 943 g/mol. The van der Waals surface area contributed by atoms with Crippen LogP contribution in [0.2, 0.25) is 0 Å². The van der Waals surface area contributed by atoms with E-state index in [2.05, 4.69) is 40.7 Å². The van der Waals surface area contributed by atoms with Crippen LogP contribution in [0.5, 0.6) is 0 Å². The number of allylic oxidation sites excluding steroid dienone is 2. The van der Waals surface area contributed by atoms with Crippen molar-refractivity contribution in [2.24, 2.45) is 50.2 Å². The third kappa shape index (κ3) is 7.56. The zero-order chi connectivity index (χ0) is 48.4. The fourth-order valence-electron chi connectivity index (χ4n) is 14.7. The Morgan fingerprint density at radius 3 is 2.02 bits per heavy atom. The van der Waals surface area contributed by atoms with Crippen molar-refractivity contribution in [2.75, 3.05) is 13.2 Å². The van der Waals surface area contributed by atoms with Crippen LogP contribution >= 0.6 is 0 Å². The number of aliphatic hydroxyl groups is 10. The number of carbonyl (C=O) groups is 2. The number of hydrogen-bond donors (Lipinski definition) is 11. The van der Waals surface area contributed by atoms with Gasteiger partial charge in [-0.05, 0) is 111 Å². The number of esters is 1. The van der Waals surface area contributed by atoms with Gasteiger partial charge in [0.1, 0.15) is 54.9 Å². The third-order valence-corrected chi connectivity index (χ3v) is 19.0. The lowest BCUT2D eigenvalue weighted by Gasteiger charge is -2.71. The number of rotatable bonds is 8. The van der Waals surface area contributed by atoms with E-state index in [1.165, 1.54) is 6.92 Å². The Balaban J connectivity index is 1.06. The Bertz CT molecular complexity index is 1860. The van der Waals surface area contributed by atoms with Crippen molar-refractivity contribution in [1.82, 2.24) is 0 Å². The third-order valence-electron chi connectivity index (χ3n) is 19.0. The minimum Gasteiger partial charge on any atom is -0.481 e. The molecule has 0 aromatic heterocycles. The molecule has 19 heteroatoms. The van der Waals surface area contributed by atoms with Gasteiger partial charge < -0.3 is 84.6 Å². The maximum atomic E-state index is 15.2. The Labute approximate surface area is 385 Å². The van der Waals surface area contributed by atoms with Crippen molar-refractivity contribution in [3.8, 4) is 0 Å². The molecule has 24 atom stereocenters. The minimum atomic E-state index is -1.89. The second kappa shape index (κ2) is 17.4. The van der Waals surface area contributed by atoms with Crippen molar-refractivity contribution in [1.29, 1.82) is 0 Å². The highest BCUT2D eigenvalue weighted by atomic mass is 16.8. The van der Waals surface area contributed by atoms with E-state index >= 15 is 4.79 Å². The molecular formula is C47H74O19. The molecular weight excluding hydrogens is 868 g/mol. The number of aliphatic hydroxyl groups excluding tert-OH is 10. The Morgan fingerprint density at radius 2 is 1.35 bits per heavy atom. The fraction of sp³-hybridized carbons (Fsp3) is 0.915. The van der Waals surface area contributed by atoms with Crippen LogP contribution in [-0.2, 0) is 38.0 Å². The zero-order valence-corrected chi connectivity index (χ0v) is 39.0. The van der Waals surface area contributed by atoms with Crippen LogP contribution in [0.25, 0.3) is 0 Å². The maximum absolute atomic E-state index is 15.2. The highest BCUT2D eigenvalue weighted by molar-refractivity contribution is 5.79. The van der Waals surface area contributed by atoms with Gasteiger partial charge in [0.2, 0.25) is 6.29 Å². The van der Waals surface area contributed by atoms with Crippen LogP contribution in [0.4, 0.5) is 0 Å². The predicted molar refractivity (Wildman–Crippen MR) is 226 cm³/mol. The molecule has 0 amide bonds. The molecule has 4 saturated carbocycles. The van der Waals surface area contributed by atoms with Crippen LogP contribution in [0, 0.1) is 50.2 Å². The molecule has 0 unspecified atom stereocenters. The van der Waals surface area contributed by atoms with Gasteiger partial charge in [-0.1, -0.05) is 46.3 Å². The first-order valence-electron chi connectivity index (χ1n) is 23.8. The summed E-state index contributed by atoms with van der Waals surface area (Å²) in [6, 6.07) is 0. The maximum Gasteiger partial charge on any atom is 0.315 e. The van der Waals surface area contributed by atoms with Crippen LogP contribution in [0.3, 0.4) is 0 Å².